The summed E-state index contributed by atoms with van der Waals surface area (Å²) in [6.07, 6.45) is 0. The first-order chi connectivity index (χ1) is 11.6. The fourth-order valence-electron chi connectivity index (χ4n) is 2.34. The Bertz CT molecular complexity index is 930. The minimum Gasteiger partial charge on any atom is -0.497 e. The van der Waals surface area contributed by atoms with E-state index in [9.17, 15) is 0 Å². The number of hydrogen-bond donors (Lipinski definition) is 0. The summed E-state index contributed by atoms with van der Waals surface area (Å²) in [6.45, 7) is 3.85. The molecule has 0 aliphatic heterocycles. The van der Waals surface area contributed by atoms with Gasteiger partial charge in [-0.1, -0.05) is 0 Å². The second-order valence-electron chi connectivity index (χ2n) is 5.26. The van der Waals surface area contributed by atoms with Crippen LogP contribution in [0.15, 0.2) is 56.3 Å². The van der Waals surface area contributed by atoms with Crippen molar-refractivity contribution in [2.45, 2.75) is 13.8 Å². The Morgan fingerprint density at radius 1 is 1.17 bits per heavy atom. The van der Waals surface area contributed by atoms with Gasteiger partial charge >= 0.3 is 0 Å². The number of aryl methyl sites for hydroxylation is 1. The molecule has 5 nitrogen and oxygen atoms in total. The van der Waals surface area contributed by atoms with Crippen LogP contribution in [0.3, 0.4) is 0 Å². The van der Waals surface area contributed by atoms with Gasteiger partial charge in [0.2, 0.25) is 4.80 Å². The highest BCUT2D eigenvalue weighted by molar-refractivity contribution is 7.07. The first-order valence-electron chi connectivity index (χ1n) is 7.52. The highest BCUT2D eigenvalue weighted by Gasteiger charge is 2.10. The molecular weight excluding hydrogens is 322 g/mol. The molecule has 6 heteroatoms. The van der Waals surface area contributed by atoms with Gasteiger partial charge in [0.25, 0.3) is 0 Å². The third-order valence-electron chi connectivity index (χ3n) is 3.61. The van der Waals surface area contributed by atoms with E-state index in [0.717, 1.165) is 39.0 Å². The van der Waals surface area contributed by atoms with Crippen LogP contribution in [0.1, 0.15) is 18.4 Å². The first kappa shape index (κ1) is 16.3. The maximum atomic E-state index is 5.66. The second-order valence-corrected chi connectivity index (χ2v) is 6.10. The number of aromatic nitrogens is 1. The molecule has 0 saturated heterocycles. The van der Waals surface area contributed by atoms with Gasteiger partial charge in [-0.3, -0.25) is 4.99 Å². The van der Waals surface area contributed by atoms with Crippen molar-refractivity contribution >= 4 is 17.0 Å². The third-order valence-corrected chi connectivity index (χ3v) is 4.52. The third kappa shape index (κ3) is 3.19. The van der Waals surface area contributed by atoms with E-state index in [1.54, 1.807) is 25.5 Å². The van der Waals surface area contributed by atoms with E-state index in [1.165, 1.54) is 0 Å². The standard InChI is InChI=1S/C18H19N3O2S/c1-12-5-10-17(23-12)13(2)20-21-16(11-24-18(21)19-3)14-6-8-15(22-4)9-7-14/h5-11H,1-4H3. The van der Waals surface area contributed by atoms with Gasteiger partial charge in [0, 0.05) is 18.0 Å². The van der Waals surface area contributed by atoms with Crippen LogP contribution in [0.2, 0.25) is 0 Å². The van der Waals surface area contributed by atoms with Gasteiger partial charge in [0.1, 0.15) is 23.0 Å². The van der Waals surface area contributed by atoms with Crippen LogP contribution in [0.25, 0.3) is 11.3 Å². The molecule has 3 rings (SSSR count). The molecule has 1 aromatic carbocycles. The van der Waals surface area contributed by atoms with E-state index in [1.807, 2.05) is 60.3 Å². The van der Waals surface area contributed by atoms with Crippen LogP contribution in [0.5, 0.6) is 5.75 Å². The highest BCUT2D eigenvalue weighted by Crippen LogP contribution is 2.23. The number of furan rings is 1. The number of nitrogens with zero attached hydrogens (tertiary/aromatic N) is 3. The molecule has 0 N–H and O–H groups in total. The monoisotopic (exact) mass is 341 g/mol. The maximum absolute atomic E-state index is 5.66. The predicted octanol–water partition coefficient (Wildman–Crippen LogP) is 3.93. The SMILES string of the molecule is CN=c1scc(-c2ccc(OC)cc2)n1N=C(C)c1ccc(C)o1. The molecule has 0 spiro atoms. The first-order valence-corrected chi connectivity index (χ1v) is 8.40. The number of methoxy groups -OCH3 is 1. The zero-order valence-corrected chi connectivity index (χ0v) is 14.9. The minimum absolute atomic E-state index is 0.758. The van der Waals surface area contributed by atoms with Gasteiger partial charge in [0.15, 0.2) is 0 Å². The van der Waals surface area contributed by atoms with Crippen molar-refractivity contribution in [3.8, 4) is 17.0 Å². The smallest absolute Gasteiger partial charge is 0.205 e. The number of ether oxygens (including phenoxy) is 1. The largest absolute Gasteiger partial charge is 0.497 e. The van der Waals surface area contributed by atoms with Crippen LogP contribution < -0.4 is 9.54 Å². The average molecular weight is 341 g/mol. The van der Waals surface area contributed by atoms with Crippen molar-refractivity contribution in [2.75, 3.05) is 14.2 Å². The summed E-state index contributed by atoms with van der Waals surface area (Å²) in [6, 6.07) is 11.8. The number of benzene rings is 1. The Labute approximate surface area is 144 Å². The summed E-state index contributed by atoms with van der Waals surface area (Å²) in [5.74, 6) is 2.45. The molecule has 124 valence electrons. The van der Waals surface area contributed by atoms with Gasteiger partial charge in [-0.05, 0) is 50.2 Å². The Morgan fingerprint density at radius 2 is 1.92 bits per heavy atom. The van der Waals surface area contributed by atoms with Gasteiger partial charge in [-0.2, -0.15) is 5.10 Å². The number of rotatable bonds is 4. The lowest BCUT2D eigenvalue weighted by atomic mass is 10.2. The Balaban J connectivity index is 2.08. The zero-order chi connectivity index (χ0) is 17.1. The molecule has 0 fully saturated rings. The van der Waals surface area contributed by atoms with Crippen LogP contribution in [-0.2, 0) is 0 Å². The van der Waals surface area contributed by atoms with Gasteiger partial charge < -0.3 is 9.15 Å². The van der Waals surface area contributed by atoms with Crippen LogP contribution >= 0.6 is 11.3 Å². The molecule has 0 amide bonds. The fraction of sp³-hybridized carbons (Fsp3) is 0.222. The molecule has 0 saturated carbocycles. The summed E-state index contributed by atoms with van der Waals surface area (Å²) in [7, 11) is 3.43. The second kappa shape index (κ2) is 6.88. The average Bonchev–Trinajstić information content (AvgIpc) is 3.21. The van der Waals surface area contributed by atoms with Crippen molar-refractivity contribution in [3.63, 3.8) is 0 Å². The molecule has 0 radical (unpaired) electrons. The molecule has 3 aromatic rings. The molecule has 0 unspecified atom stereocenters. The van der Waals surface area contributed by atoms with Crippen LogP contribution in [0.4, 0.5) is 0 Å². The van der Waals surface area contributed by atoms with Crippen molar-refractivity contribution in [1.82, 2.24) is 4.68 Å². The molecular formula is C18H19N3O2S. The highest BCUT2D eigenvalue weighted by atomic mass is 32.1. The molecule has 24 heavy (non-hydrogen) atoms. The zero-order valence-electron chi connectivity index (χ0n) is 14.1. The van der Waals surface area contributed by atoms with Gasteiger partial charge in [0.05, 0.1) is 12.8 Å². The van der Waals surface area contributed by atoms with Crippen LogP contribution in [-0.4, -0.2) is 24.5 Å². The van der Waals surface area contributed by atoms with E-state index >= 15 is 0 Å². The van der Waals surface area contributed by atoms with E-state index < -0.39 is 0 Å². The lowest BCUT2D eigenvalue weighted by Crippen LogP contribution is -2.13. The predicted molar refractivity (Wildman–Crippen MR) is 96.8 cm³/mol. The quantitative estimate of drug-likeness (QED) is 0.675. The molecule has 0 aliphatic carbocycles. The normalized spacial score (nSPS) is 12.7. The van der Waals surface area contributed by atoms with Crippen molar-refractivity contribution in [1.29, 1.82) is 0 Å². The molecule has 0 atom stereocenters. The van der Waals surface area contributed by atoms with E-state index in [2.05, 4.69) is 4.99 Å². The van der Waals surface area contributed by atoms with Crippen LogP contribution in [0, 0.1) is 6.92 Å². The summed E-state index contributed by atoms with van der Waals surface area (Å²) < 4.78 is 12.7. The molecule has 2 heterocycles. The van der Waals surface area contributed by atoms with E-state index in [4.69, 9.17) is 14.3 Å². The fourth-order valence-corrected chi connectivity index (χ4v) is 3.13. The van der Waals surface area contributed by atoms with Gasteiger partial charge in [-0.25, -0.2) is 4.68 Å². The van der Waals surface area contributed by atoms with Crippen molar-refractivity contribution in [3.05, 3.63) is 58.1 Å². The summed E-state index contributed by atoms with van der Waals surface area (Å²) in [5, 5.41) is 6.77. The van der Waals surface area contributed by atoms with Crippen molar-refractivity contribution in [2.24, 2.45) is 10.1 Å². The molecule has 2 aromatic heterocycles. The Hall–Kier alpha value is -2.60. The summed E-state index contributed by atoms with van der Waals surface area (Å²) in [5.41, 5.74) is 2.83. The molecule has 0 bridgehead atoms. The minimum atomic E-state index is 0.758. The van der Waals surface area contributed by atoms with E-state index in [0.29, 0.717) is 0 Å². The summed E-state index contributed by atoms with van der Waals surface area (Å²) in [4.78, 5) is 5.14. The Morgan fingerprint density at radius 3 is 2.50 bits per heavy atom. The van der Waals surface area contributed by atoms with E-state index in [-0.39, 0.29) is 0 Å². The number of hydrogen-bond acceptors (Lipinski definition) is 5. The van der Waals surface area contributed by atoms with Gasteiger partial charge in [-0.15, -0.1) is 11.3 Å². The lowest BCUT2D eigenvalue weighted by molar-refractivity contribution is 0.415. The van der Waals surface area contributed by atoms with Crippen molar-refractivity contribution < 1.29 is 9.15 Å². The lowest BCUT2D eigenvalue weighted by Gasteiger charge is -2.06. The number of thiazole rings is 1. The summed E-state index contributed by atoms with van der Waals surface area (Å²) >= 11 is 1.55. The molecule has 0 aliphatic rings. The maximum Gasteiger partial charge on any atom is 0.205 e. The topological polar surface area (TPSA) is 52.0 Å². The Kier molecular flexibility index (Phi) is 4.66.